The van der Waals surface area contributed by atoms with Crippen molar-refractivity contribution < 1.29 is 9.84 Å². The van der Waals surface area contributed by atoms with Crippen molar-refractivity contribution in [1.82, 2.24) is 14.7 Å². The molecule has 0 unspecified atom stereocenters. The first kappa shape index (κ1) is 24.7. The van der Waals surface area contributed by atoms with Crippen LogP contribution in [0.1, 0.15) is 43.0 Å². The van der Waals surface area contributed by atoms with Crippen molar-refractivity contribution in [3.05, 3.63) is 108 Å². The highest BCUT2D eigenvalue weighted by Crippen LogP contribution is 2.32. The van der Waals surface area contributed by atoms with Gasteiger partial charge in [-0.05, 0) is 43.2 Å². The minimum absolute atomic E-state index is 0.373. The van der Waals surface area contributed by atoms with E-state index >= 15 is 0 Å². The summed E-state index contributed by atoms with van der Waals surface area (Å²) in [7, 11) is 0. The highest BCUT2D eigenvalue weighted by molar-refractivity contribution is 5.43. The highest BCUT2D eigenvalue weighted by Gasteiger charge is 2.22. The third-order valence-electron chi connectivity index (χ3n) is 6.09. The first-order valence-electron chi connectivity index (χ1n) is 12.4. The van der Waals surface area contributed by atoms with Gasteiger partial charge in [0, 0.05) is 19.6 Å². The van der Waals surface area contributed by atoms with Crippen molar-refractivity contribution in [3.8, 4) is 17.3 Å². The molecule has 0 aliphatic carbocycles. The number of aliphatic hydroxyl groups excluding tert-OH is 1. The van der Waals surface area contributed by atoms with Crippen LogP contribution in [0.25, 0.3) is 5.69 Å². The molecular weight excluding hydrogens is 434 g/mol. The smallest absolute Gasteiger partial charge is 0.227 e. The number of benzene rings is 3. The summed E-state index contributed by atoms with van der Waals surface area (Å²) in [6.45, 7) is 6.14. The molecule has 1 N–H and O–H groups in total. The van der Waals surface area contributed by atoms with Crippen molar-refractivity contribution in [1.29, 1.82) is 0 Å². The van der Waals surface area contributed by atoms with Gasteiger partial charge in [0.25, 0.3) is 0 Å². The van der Waals surface area contributed by atoms with E-state index in [2.05, 4.69) is 36.1 Å². The summed E-state index contributed by atoms with van der Waals surface area (Å²) in [6, 6.07) is 30.3. The van der Waals surface area contributed by atoms with Crippen LogP contribution in [0.15, 0.2) is 91.0 Å². The predicted molar refractivity (Wildman–Crippen MR) is 141 cm³/mol. The molecule has 5 nitrogen and oxygen atoms in total. The molecule has 4 aromatic rings. The van der Waals surface area contributed by atoms with Crippen LogP contribution in [-0.2, 0) is 13.1 Å². The molecule has 35 heavy (non-hydrogen) atoms. The van der Waals surface area contributed by atoms with Crippen LogP contribution in [0.3, 0.4) is 0 Å². The van der Waals surface area contributed by atoms with Gasteiger partial charge in [-0.2, -0.15) is 5.10 Å². The fraction of sp³-hybridized carbons (Fsp3) is 0.300. The minimum Gasteiger partial charge on any atom is -0.439 e. The molecule has 0 spiro atoms. The fourth-order valence-electron chi connectivity index (χ4n) is 4.25. The quantitative estimate of drug-likeness (QED) is 0.256. The van der Waals surface area contributed by atoms with Gasteiger partial charge in [0.05, 0.1) is 23.0 Å². The Labute approximate surface area is 208 Å². The highest BCUT2D eigenvalue weighted by atomic mass is 16.5. The van der Waals surface area contributed by atoms with Crippen LogP contribution in [0.2, 0.25) is 0 Å². The number of aryl methyl sites for hydroxylation is 1. The second kappa shape index (κ2) is 12.3. The zero-order valence-electron chi connectivity index (χ0n) is 20.7. The number of unbranched alkanes of at least 4 members (excludes halogenated alkanes) is 1. The van der Waals surface area contributed by atoms with E-state index in [-0.39, 0.29) is 6.10 Å². The van der Waals surface area contributed by atoms with Crippen LogP contribution in [0.5, 0.6) is 11.6 Å². The fourth-order valence-corrected chi connectivity index (χ4v) is 4.25. The van der Waals surface area contributed by atoms with E-state index in [0.29, 0.717) is 19.0 Å². The average molecular weight is 470 g/mol. The van der Waals surface area contributed by atoms with Gasteiger partial charge in [0.2, 0.25) is 5.88 Å². The molecule has 0 aliphatic heterocycles. The lowest BCUT2D eigenvalue weighted by atomic mass is 10.1. The van der Waals surface area contributed by atoms with Crippen molar-refractivity contribution in [3.63, 3.8) is 0 Å². The van der Waals surface area contributed by atoms with Gasteiger partial charge in [0.15, 0.2) is 0 Å². The number of aromatic nitrogens is 2. The van der Waals surface area contributed by atoms with E-state index in [9.17, 15) is 5.11 Å². The molecule has 1 heterocycles. The monoisotopic (exact) mass is 469 g/mol. The van der Waals surface area contributed by atoms with E-state index < -0.39 is 0 Å². The topological polar surface area (TPSA) is 50.5 Å². The Hall–Kier alpha value is -3.41. The van der Waals surface area contributed by atoms with Gasteiger partial charge in [-0.3, -0.25) is 4.90 Å². The lowest BCUT2D eigenvalue weighted by Crippen LogP contribution is -2.32. The summed E-state index contributed by atoms with van der Waals surface area (Å²) in [5.41, 5.74) is 4.11. The second-order valence-electron chi connectivity index (χ2n) is 8.98. The molecule has 3 aromatic carbocycles. The summed E-state index contributed by atoms with van der Waals surface area (Å²) in [4.78, 5) is 2.30. The molecular formula is C30H35N3O2. The number of rotatable bonds is 12. The maximum atomic E-state index is 10.8. The first-order valence-corrected chi connectivity index (χ1v) is 12.4. The summed E-state index contributed by atoms with van der Waals surface area (Å²) in [6.07, 6.45) is 2.53. The molecule has 0 aliphatic rings. The van der Waals surface area contributed by atoms with Crippen LogP contribution >= 0.6 is 0 Å². The summed E-state index contributed by atoms with van der Waals surface area (Å²) in [5, 5.41) is 15.6. The van der Waals surface area contributed by atoms with E-state index in [0.717, 1.165) is 48.5 Å². The van der Waals surface area contributed by atoms with Gasteiger partial charge in [-0.25, -0.2) is 4.68 Å². The van der Waals surface area contributed by atoms with Gasteiger partial charge in [0.1, 0.15) is 5.75 Å². The predicted octanol–water partition coefficient (Wildman–Crippen LogP) is 6.53. The van der Waals surface area contributed by atoms with Crippen LogP contribution in [0, 0.1) is 6.92 Å². The Morgan fingerprint density at radius 1 is 0.886 bits per heavy atom. The number of ether oxygens (including phenoxy) is 1. The Morgan fingerprint density at radius 2 is 1.51 bits per heavy atom. The first-order chi connectivity index (χ1) is 17.1. The maximum Gasteiger partial charge on any atom is 0.227 e. The molecule has 0 saturated carbocycles. The lowest BCUT2D eigenvalue weighted by molar-refractivity contribution is 0.0953. The molecule has 4 rings (SSSR count). The normalized spacial score (nSPS) is 12.1. The van der Waals surface area contributed by atoms with Gasteiger partial charge in [-0.1, -0.05) is 86.5 Å². The van der Waals surface area contributed by atoms with Crippen LogP contribution in [-0.4, -0.2) is 32.4 Å². The van der Waals surface area contributed by atoms with Gasteiger partial charge in [-0.15, -0.1) is 0 Å². The van der Waals surface area contributed by atoms with Crippen LogP contribution < -0.4 is 4.74 Å². The Kier molecular flexibility index (Phi) is 8.71. The number of hydrogen-bond acceptors (Lipinski definition) is 4. The summed E-state index contributed by atoms with van der Waals surface area (Å²) in [5.74, 6) is 1.48. The second-order valence-corrected chi connectivity index (χ2v) is 8.98. The molecule has 0 fully saturated rings. The summed E-state index contributed by atoms with van der Waals surface area (Å²) < 4.78 is 8.33. The number of para-hydroxylation sites is 2. The third kappa shape index (κ3) is 6.81. The van der Waals surface area contributed by atoms with Gasteiger partial charge < -0.3 is 9.84 Å². The molecule has 0 saturated heterocycles. The van der Waals surface area contributed by atoms with Crippen molar-refractivity contribution in [2.45, 2.75) is 52.3 Å². The zero-order chi connectivity index (χ0) is 24.5. The molecule has 0 amide bonds. The average Bonchev–Trinajstić information content (AvgIpc) is 3.19. The molecule has 5 heteroatoms. The van der Waals surface area contributed by atoms with Crippen molar-refractivity contribution >= 4 is 0 Å². The van der Waals surface area contributed by atoms with Crippen LogP contribution in [0.4, 0.5) is 0 Å². The number of aliphatic hydroxyl groups is 1. The van der Waals surface area contributed by atoms with E-state index in [4.69, 9.17) is 9.84 Å². The lowest BCUT2D eigenvalue weighted by Gasteiger charge is -2.25. The molecule has 0 radical (unpaired) electrons. The number of hydrogen-bond donors (Lipinski definition) is 1. The Balaban J connectivity index is 1.68. The van der Waals surface area contributed by atoms with E-state index in [1.807, 2.05) is 78.3 Å². The zero-order valence-corrected chi connectivity index (χ0v) is 20.7. The van der Waals surface area contributed by atoms with E-state index in [1.54, 1.807) is 0 Å². The largest absolute Gasteiger partial charge is 0.439 e. The SMILES string of the molecule is CCCC[C@@H](O)CN(Cc1ccccc1)Cc1c(C)nn(-c2ccccc2)c1Oc1ccccc1. The number of nitrogens with zero attached hydrogens (tertiary/aromatic N) is 3. The van der Waals surface area contributed by atoms with Crippen molar-refractivity contribution in [2.24, 2.45) is 0 Å². The molecule has 182 valence electrons. The maximum absolute atomic E-state index is 10.8. The molecule has 0 bridgehead atoms. The van der Waals surface area contributed by atoms with Gasteiger partial charge >= 0.3 is 0 Å². The third-order valence-corrected chi connectivity index (χ3v) is 6.09. The minimum atomic E-state index is -0.373. The summed E-state index contributed by atoms with van der Waals surface area (Å²) >= 11 is 0. The Bertz CT molecular complexity index is 1160. The van der Waals surface area contributed by atoms with E-state index in [1.165, 1.54) is 5.56 Å². The Morgan fingerprint density at radius 3 is 2.17 bits per heavy atom. The standard InChI is InChI=1S/C30H35N3O2/c1-3-4-18-27(34)22-32(21-25-14-8-5-9-15-25)23-29-24(2)31-33(26-16-10-6-11-17-26)30(29)35-28-19-12-7-13-20-28/h5-17,19-20,27,34H,3-4,18,21-23H2,1-2H3/t27-/m1/s1. The molecule has 1 aromatic heterocycles. The van der Waals surface area contributed by atoms with Crippen molar-refractivity contribution in [2.75, 3.05) is 6.54 Å². The molecule has 1 atom stereocenters.